The summed E-state index contributed by atoms with van der Waals surface area (Å²) in [6.45, 7) is 8.22. The second-order valence-corrected chi connectivity index (χ2v) is 4.92. The molecule has 0 bridgehead atoms. The molecular weight excluding hydrogens is 212 g/mol. The summed E-state index contributed by atoms with van der Waals surface area (Å²) < 4.78 is 5.73. The molecule has 0 aromatic heterocycles. The van der Waals surface area contributed by atoms with Crippen molar-refractivity contribution < 1.29 is 9.84 Å². The molecule has 0 spiro atoms. The molecule has 0 radical (unpaired) electrons. The van der Waals surface area contributed by atoms with Crippen LogP contribution < -0.4 is 4.74 Å². The maximum atomic E-state index is 10.3. The highest BCUT2D eigenvalue weighted by Crippen LogP contribution is 2.32. The molecular formula is C15H24O2. The molecule has 2 heteroatoms. The molecule has 0 saturated carbocycles. The molecule has 0 saturated heterocycles. The summed E-state index contributed by atoms with van der Waals surface area (Å²) in [7, 11) is 0. The van der Waals surface area contributed by atoms with Gasteiger partial charge in [0.25, 0.3) is 0 Å². The van der Waals surface area contributed by atoms with Gasteiger partial charge in [0.1, 0.15) is 5.75 Å². The van der Waals surface area contributed by atoms with Gasteiger partial charge in [-0.2, -0.15) is 0 Å². The van der Waals surface area contributed by atoms with Crippen LogP contribution in [0.15, 0.2) is 24.3 Å². The van der Waals surface area contributed by atoms with E-state index in [-0.39, 0.29) is 12.0 Å². The van der Waals surface area contributed by atoms with E-state index >= 15 is 0 Å². The average Bonchev–Trinajstić information content (AvgIpc) is 2.28. The number of hydrogen-bond acceptors (Lipinski definition) is 2. The van der Waals surface area contributed by atoms with Crippen LogP contribution in [0.2, 0.25) is 0 Å². The average molecular weight is 236 g/mol. The molecule has 2 atom stereocenters. The second-order valence-electron chi connectivity index (χ2n) is 4.92. The highest BCUT2D eigenvalue weighted by atomic mass is 16.5. The molecule has 0 aliphatic carbocycles. The van der Waals surface area contributed by atoms with Gasteiger partial charge >= 0.3 is 0 Å². The van der Waals surface area contributed by atoms with Crippen LogP contribution in [0.25, 0.3) is 0 Å². The third kappa shape index (κ3) is 4.04. The Balaban J connectivity index is 2.88. The monoisotopic (exact) mass is 236 g/mol. The third-order valence-electron chi connectivity index (χ3n) is 2.88. The normalized spacial score (nSPS) is 14.7. The minimum atomic E-state index is -0.440. The SMILES string of the molecule is CCCC(C)C(O)c1ccccc1OC(C)C. The van der Waals surface area contributed by atoms with Gasteiger partial charge in [-0.15, -0.1) is 0 Å². The Hall–Kier alpha value is -1.02. The number of ether oxygens (including phenoxy) is 1. The first-order valence-electron chi connectivity index (χ1n) is 6.49. The Morgan fingerprint density at radius 2 is 1.82 bits per heavy atom. The van der Waals surface area contributed by atoms with Crippen molar-refractivity contribution in [1.82, 2.24) is 0 Å². The summed E-state index contributed by atoms with van der Waals surface area (Å²) in [5, 5.41) is 10.3. The lowest BCUT2D eigenvalue weighted by atomic mass is 9.93. The summed E-state index contributed by atoms with van der Waals surface area (Å²) in [5.41, 5.74) is 0.905. The van der Waals surface area contributed by atoms with Gasteiger partial charge in [-0.1, -0.05) is 38.5 Å². The Kier molecular flexibility index (Phi) is 5.49. The van der Waals surface area contributed by atoms with Crippen molar-refractivity contribution in [2.24, 2.45) is 5.92 Å². The lowest BCUT2D eigenvalue weighted by molar-refractivity contribution is 0.106. The lowest BCUT2D eigenvalue weighted by Crippen LogP contribution is -2.13. The summed E-state index contributed by atoms with van der Waals surface area (Å²) in [4.78, 5) is 0. The number of aliphatic hydroxyl groups excluding tert-OH is 1. The minimum Gasteiger partial charge on any atom is -0.491 e. The van der Waals surface area contributed by atoms with Crippen LogP contribution in [0, 0.1) is 5.92 Å². The van der Waals surface area contributed by atoms with E-state index in [1.165, 1.54) is 0 Å². The zero-order valence-electron chi connectivity index (χ0n) is 11.3. The van der Waals surface area contributed by atoms with Crippen molar-refractivity contribution in [1.29, 1.82) is 0 Å². The number of rotatable bonds is 6. The largest absolute Gasteiger partial charge is 0.491 e. The standard InChI is InChI=1S/C15H24O2/c1-5-8-12(4)15(16)13-9-6-7-10-14(13)17-11(2)3/h6-7,9-12,15-16H,5,8H2,1-4H3. The summed E-state index contributed by atoms with van der Waals surface area (Å²) in [5.74, 6) is 1.06. The maximum Gasteiger partial charge on any atom is 0.125 e. The highest BCUT2D eigenvalue weighted by molar-refractivity contribution is 5.35. The molecule has 1 rings (SSSR count). The van der Waals surface area contributed by atoms with Crippen molar-refractivity contribution in [3.05, 3.63) is 29.8 Å². The van der Waals surface area contributed by atoms with E-state index in [2.05, 4.69) is 13.8 Å². The lowest BCUT2D eigenvalue weighted by Gasteiger charge is -2.22. The van der Waals surface area contributed by atoms with Crippen LogP contribution in [-0.4, -0.2) is 11.2 Å². The number of para-hydroxylation sites is 1. The predicted octanol–water partition coefficient (Wildman–Crippen LogP) is 3.94. The maximum absolute atomic E-state index is 10.3. The van der Waals surface area contributed by atoms with Crippen molar-refractivity contribution in [2.75, 3.05) is 0 Å². The fraction of sp³-hybridized carbons (Fsp3) is 0.600. The number of aliphatic hydroxyl groups is 1. The van der Waals surface area contributed by atoms with Crippen LogP contribution in [0.4, 0.5) is 0 Å². The zero-order valence-corrected chi connectivity index (χ0v) is 11.3. The fourth-order valence-corrected chi connectivity index (χ4v) is 2.01. The Morgan fingerprint density at radius 3 is 2.41 bits per heavy atom. The molecule has 2 unspecified atom stereocenters. The molecule has 0 aliphatic heterocycles. The van der Waals surface area contributed by atoms with Gasteiger partial charge in [0.05, 0.1) is 12.2 Å². The minimum absolute atomic E-state index is 0.129. The second kappa shape index (κ2) is 6.65. The number of hydrogen-bond donors (Lipinski definition) is 1. The molecule has 96 valence electrons. The highest BCUT2D eigenvalue weighted by Gasteiger charge is 2.19. The van der Waals surface area contributed by atoms with E-state index < -0.39 is 6.10 Å². The first kappa shape index (κ1) is 14.0. The van der Waals surface area contributed by atoms with E-state index in [4.69, 9.17) is 4.74 Å². The van der Waals surface area contributed by atoms with Crippen LogP contribution in [0.3, 0.4) is 0 Å². The molecule has 2 nitrogen and oxygen atoms in total. The van der Waals surface area contributed by atoms with Gasteiger partial charge in [-0.05, 0) is 32.3 Å². The van der Waals surface area contributed by atoms with Crippen molar-refractivity contribution in [3.8, 4) is 5.75 Å². The molecule has 0 fully saturated rings. The van der Waals surface area contributed by atoms with E-state index in [0.29, 0.717) is 0 Å². The third-order valence-corrected chi connectivity index (χ3v) is 2.88. The van der Waals surface area contributed by atoms with Gasteiger partial charge in [-0.25, -0.2) is 0 Å². The van der Waals surface area contributed by atoms with Crippen molar-refractivity contribution in [2.45, 2.75) is 52.7 Å². The Labute approximate surface area is 105 Å². The quantitative estimate of drug-likeness (QED) is 0.810. The van der Waals surface area contributed by atoms with E-state index in [1.807, 2.05) is 38.1 Å². The number of benzene rings is 1. The van der Waals surface area contributed by atoms with Crippen molar-refractivity contribution in [3.63, 3.8) is 0 Å². The summed E-state index contributed by atoms with van der Waals surface area (Å²) in [6.07, 6.45) is 1.80. The topological polar surface area (TPSA) is 29.5 Å². The van der Waals surface area contributed by atoms with Gasteiger partial charge in [0.2, 0.25) is 0 Å². The van der Waals surface area contributed by atoms with Gasteiger partial charge in [-0.3, -0.25) is 0 Å². The first-order valence-corrected chi connectivity index (χ1v) is 6.49. The predicted molar refractivity (Wildman–Crippen MR) is 71.2 cm³/mol. The van der Waals surface area contributed by atoms with E-state index in [0.717, 1.165) is 24.2 Å². The van der Waals surface area contributed by atoms with Gasteiger partial charge in [0.15, 0.2) is 0 Å². The van der Waals surface area contributed by atoms with Crippen LogP contribution >= 0.6 is 0 Å². The van der Waals surface area contributed by atoms with E-state index in [1.54, 1.807) is 0 Å². The molecule has 1 N–H and O–H groups in total. The zero-order chi connectivity index (χ0) is 12.8. The van der Waals surface area contributed by atoms with Gasteiger partial charge in [0, 0.05) is 5.56 Å². The smallest absolute Gasteiger partial charge is 0.125 e. The fourth-order valence-electron chi connectivity index (χ4n) is 2.01. The first-order chi connectivity index (χ1) is 8.06. The summed E-state index contributed by atoms with van der Waals surface area (Å²) in [6, 6.07) is 7.77. The van der Waals surface area contributed by atoms with Crippen LogP contribution in [0.5, 0.6) is 5.75 Å². The van der Waals surface area contributed by atoms with Crippen molar-refractivity contribution >= 4 is 0 Å². The van der Waals surface area contributed by atoms with E-state index in [9.17, 15) is 5.11 Å². The molecule has 0 amide bonds. The Morgan fingerprint density at radius 1 is 1.18 bits per heavy atom. The Bertz CT molecular complexity index is 333. The van der Waals surface area contributed by atoms with Crippen LogP contribution in [-0.2, 0) is 0 Å². The van der Waals surface area contributed by atoms with Crippen LogP contribution in [0.1, 0.15) is 52.2 Å². The molecule has 0 heterocycles. The van der Waals surface area contributed by atoms with Gasteiger partial charge < -0.3 is 9.84 Å². The molecule has 1 aromatic rings. The molecule has 0 aliphatic rings. The molecule has 1 aromatic carbocycles. The summed E-state index contributed by atoms with van der Waals surface area (Å²) >= 11 is 0. The molecule has 17 heavy (non-hydrogen) atoms.